The fourth-order valence-corrected chi connectivity index (χ4v) is 4.66. The number of esters is 1. The highest BCUT2D eigenvalue weighted by molar-refractivity contribution is 6.31. The van der Waals surface area contributed by atoms with Gasteiger partial charge in [0.2, 0.25) is 0 Å². The Labute approximate surface area is 230 Å². The van der Waals surface area contributed by atoms with E-state index >= 15 is 0 Å². The molecule has 0 atom stereocenters. The molecule has 37 heavy (non-hydrogen) atoms. The lowest BCUT2D eigenvalue weighted by atomic mass is 9.67. The Morgan fingerprint density at radius 3 is 1.43 bits per heavy atom. The molecule has 0 aromatic heterocycles. The zero-order valence-electron chi connectivity index (χ0n) is 19.9. The van der Waals surface area contributed by atoms with Crippen molar-refractivity contribution in [1.82, 2.24) is 0 Å². The molecule has 0 spiro atoms. The first-order valence-electron chi connectivity index (χ1n) is 11.4. The van der Waals surface area contributed by atoms with E-state index < -0.39 is 11.4 Å². The van der Waals surface area contributed by atoms with Gasteiger partial charge < -0.3 is 9.47 Å². The number of carbonyl (C=O) groups is 2. The summed E-state index contributed by atoms with van der Waals surface area (Å²) in [6.45, 7) is -0.386. The normalized spacial score (nSPS) is 11.1. The Morgan fingerprint density at radius 1 is 0.649 bits per heavy atom. The average Bonchev–Trinajstić information content (AvgIpc) is 2.92. The van der Waals surface area contributed by atoms with Gasteiger partial charge in [0.15, 0.2) is 12.4 Å². The first kappa shape index (κ1) is 26.7. The Balaban J connectivity index is 1.70. The van der Waals surface area contributed by atoms with Crippen molar-refractivity contribution in [3.8, 4) is 5.75 Å². The molecule has 0 heterocycles. The van der Waals surface area contributed by atoms with Gasteiger partial charge in [0.05, 0.1) is 18.9 Å². The molecule has 0 aliphatic carbocycles. The highest BCUT2D eigenvalue weighted by atomic mass is 35.5. The number of carbonyl (C=O) groups excluding carboxylic acids is 2. The summed E-state index contributed by atoms with van der Waals surface area (Å²) in [7, 11) is 1.55. The van der Waals surface area contributed by atoms with Crippen molar-refractivity contribution in [2.45, 2.75) is 11.8 Å². The molecule has 4 aromatic carbocycles. The molecule has 0 amide bonds. The molecule has 0 fully saturated rings. The standard InChI is InChI=1S/C30H23Cl3O4/c1-36-27-16-2-20(3-17-27)28(34)19-37-29(35)18-30(21-4-10-24(31)11-5-21,22-6-12-25(32)13-7-22)23-8-14-26(33)15-9-23/h2-17H,18-19H2,1H3. The molecule has 0 radical (unpaired) electrons. The van der Waals surface area contributed by atoms with E-state index in [1.807, 2.05) is 36.4 Å². The Morgan fingerprint density at radius 2 is 1.05 bits per heavy atom. The number of hydrogen-bond donors (Lipinski definition) is 0. The SMILES string of the molecule is COc1ccc(C(=O)COC(=O)CC(c2ccc(Cl)cc2)(c2ccc(Cl)cc2)c2ccc(Cl)cc2)cc1. The first-order chi connectivity index (χ1) is 17.8. The maximum Gasteiger partial charge on any atom is 0.307 e. The van der Waals surface area contributed by atoms with Gasteiger partial charge in [-0.25, -0.2) is 0 Å². The number of methoxy groups -OCH3 is 1. The number of halogens is 3. The number of ketones is 1. The smallest absolute Gasteiger partial charge is 0.307 e. The van der Waals surface area contributed by atoms with Crippen molar-refractivity contribution < 1.29 is 19.1 Å². The van der Waals surface area contributed by atoms with Crippen LogP contribution in [0.25, 0.3) is 0 Å². The molecule has 188 valence electrons. The van der Waals surface area contributed by atoms with E-state index in [4.69, 9.17) is 44.3 Å². The molecule has 0 aliphatic rings. The van der Waals surface area contributed by atoms with E-state index in [-0.39, 0.29) is 18.8 Å². The predicted octanol–water partition coefficient (Wildman–Crippen LogP) is 7.81. The van der Waals surface area contributed by atoms with Crippen LogP contribution in [0.4, 0.5) is 0 Å². The largest absolute Gasteiger partial charge is 0.497 e. The monoisotopic (exact) mass is 552 g/mol. The summed E-state index contributed by atoms with van der Waals surface area (Å²) in [4.78, 5) is 26.0. The van der Waals surface area contributed by atoms with Crippen molar-refractivity contribution in [1.29, 1.82) is 0 Å². The zero-order chi connectivity index (χ0) is 26.4. The van der Waals surface area contributed by atoms with Gasteiger partial charge in [-0.3, -0.25) is 9.59 Å². The second kappa shape index (κ2) is 11.8. The molecule has 4 aromatic rings. The predicted molar refractivity (Wildman–Crippen MR) is 147 cm³/mol. The molecule has 0 aliphatic heterocycles. The fourth-order valence-electron chi connectivity index (χ4n) is 4.28. The van der Waals surface area contributed by atoms with E-state index in [0.29, 0.717) is 26.4 Å². The summed E-state index contributed by atoms with van der Waals surface area (Å²) in [5, 5.41) is 1.70. The molecule has 0 N–H and O–H groups in total. The summed E-state index contributed by atoms with van der Waals surface area (Å²) >= 11 is 18.6. The van der Waals surface area contributed by atoms with Gasteiger partial charge >= 0.3 is 5.97 Å². The highest BCUT2D eigenvalue weighted by Gasteiger charge is 2.39. The molecule has 7 heteroatoms. The van der Waals surface area contributed by atoms with Crippen LogP contribution in [0, 0.1) is 0 Å². The van der Waals surface area contributed by atoms with Crippen LogP contribution >= 0.6 is 34.8 Å². The molecule has 4 rings (SSSR count). The summed E-state index contributed by atoms with van der Waals surface area (Å²) in [5.74, 6) is -0.222. The average molecular weight is 554 g/mol. The maximum atomic E-state index is 13.3. The number of ether oxygens (including phenoxy) is 2. The summed E-state index contributed by atoms with van der Waals surface area (Å²) < 4.78 is 10.6. The first-order valence-corrected chi connectivity index (χ1v) is 12.6. The van der Waals surface area contributed by atoms with Gasteiger partial charge in [-0.15, -0.1) is 0 Å². The zero-order valence-corrected chi connectivity index (χ0v) is 22.2. The van der Waals surface area contributed by atoms with Gasteiger partial charge in [0.25, 0.3) is 0 Å². The van der Waals surface area contributed by atoms with E-state index in [1.54, 1.807) is 67.8 Å². The Hall–Kier alpha value is -3.31. The summed E-state index contributed by atoms with van der Waals surface area (Å²) in [5.41, 5.74) is 1.92. The van der Waals surface area contributed by atoms with Crippen molar-refractivity contribution in [2.24, 2.45) is 0 Å². The van der Waals surface area contributed by atoms with Crippen LogP contribution < -0.4 is 4.74 Å². The third-order valence-electron chi connectivity index (χ3n) is 6.20. The van der Waals surface area contributed by atoms with Crippen LogP contribution in [-0.4, -0.2) is 25.5 Å². The van der Waals surface area contributed by atoms with Gasteiger partial charge in [-0.2, -0.15) is 0 Å². The third-order valence-corrected chi connectivity index (χ3v) is 6.95. The minimum Gasteiger partial charge on any atom is -0.497 e. The van der Waals surface area contributed by atoms with Crippen molar-refractivity contribution >= 4 is 46.6 Å². The van der Waals surface area contributed by atoms with Crippen LogP contribution in [0.2, 0.25) is 15.1 Å². The molecule has 0 saturated heterocycles. The Kier molecular flexibility index (Phi) is 8.55. The number of Topliss-reactive ketones (excluding diaryl/α,β-unsaturated/α-hetero) is 1. The van der Waals surface area contributed by atoms with E-state index in [1.165, 1.54) is 0 Å². The lowest BCUT2D eigenvalue weighted by Crippen LogP contribution is -2.33. The number of benzene rings is 4. The van der Waals surface area contributed by atoms with E-state index in [0.717, 1.165) is 16.7 Å². The van der Waals surface area contributed by atoms with Gasteiger partial charge in [0.1, 0.15) is 5.75 Å². The fraction of sp³-hybridized carbons (Fsp3) is 0.133. The van der Waals surface area contributed by atoms with Crippen LogP contribution in [0.1, 0.15) is 33.5 Å². The van der Waals surface area contributed by atoms with Crippen molar-refractivity contribution in [3.05, 3.63) is 134 Å². The van der Waals surface area contributed by atoms with E-state index in [9.17, 15) is 9.59 Å². The minimum atomic E-state index is -0.958. The highest BCUT2D eigenvalue weighted by Crippen LogP contribution is 2.43. The van der Waals surface area contributed by atoms with Crippen LogP contribution in [-0.2, 0) is 14.9 Å². The van der Waals surface area contributed by atoms with Gasteiger partial charge in [0, 0.05) is 20.6 Å². The second-order valence-electron chi connectivity index (χ2n) is 8.42. The molecule has 4 nitrogen and oxygen atoms in total. The molecule has 0 saturated carbocycles. The van der Waals surface area contributed by atoms with Crippen molar-refractivity contribution in [2.75, 3.05) is 13.7 Å². The van der Waals surface area contributed by atoms with E-state index in [2.05, 4.69) is 0 Å². The lowest BCUT2D eigenvalue weighted by molar-refractivity contribution is -0.143. The molecular formula is C30H23Cl3O4. The number of hydrogen-bond acceptors (Lipinski definition) is 4. The summed E-state index contributed by atoms with van der Waals surface area (Å²) in [6.07, 6.45) is -0.0756. The van der Waals surface area contributed by atoms with Crippen molar-refractivity contribution in [3.63, 3.8) is 0 Å². The Bertz CT molecular complexity index is 1250. The third kappa shape index (κ3) is 6.16. The molecular weight excluding hydrogens is 531 g/mol. The van der Waals surface area contributed by atoms with Crippen LogP contribution in [0.3, 0.4) is 0 Å². The van der Waals surface area contributed by atoms with Gasteiger partial charge in [-0.1, -0.05) is 71.2 Å². The van der Waals surface area contributed by atoms with Gasteiger partial charge in [-0.05, 0) is 77.4 Å². The minimum absolute atomic E-state index is 0.0756. The lowest BCUT2D eigenvalue weighted by Gasteiger charge is -2.35. The number of rotatable bonds is 9. The van der Waals surface area contributed by atoms with Crippen LogP contribution in [0.5, 0.6) is 5.75 Å². The summed E-state index contributed by atoms with van der Waals surface area (Å²) in [6, 6.07) is 28.5. The topological polar surface area (TPSA) is 52.6 Å². The maximum absolute atomic E-state index is 13.3. The van der Waals surface area contributed by atoms with Crippen LogP contribution in [0.15, 0.2) is 97.1 Å². The molecule has 0 unspecified atom stereocenters. The quantitative estimate of drug-likeness (QED) is 0.120. The second-order valence-corrected chi connectivity index (χ2v) is 9.72. The molecule has 0 bridgehead atoms.